The number of benzene rings is 1. The maximum atomic E-state index is 5.68. The minimum atomic E-state index is 0.597. The lowest BCUT2D eigenvalue weighted by Gasteiger charge is -2.08. The number of aromatic nitrogens is 2. The topological polar surface area (TPSA) is 53.1 Å². The van der Waals surface area contributed by atoms with Gasteiger partial charge in [0.1, 0.15) is 5.75 Å². The van der Waals surface area contributed by atoms with Gasteiger partial charge in [0.05, 0.1) is 19.3 Å². The molecule has 0 spiro atoms. The molecule has 19 heavy (non-hydrogen) atoms. The van der Waals surface area contributed by atoms with Gasteiger partial charge in [-0.15, -0.1) is 0 Å². The second kappa shape index (κ2) is 6.38. The smallest absolute Gasteiger partial charge is 0.119 e. The summed E-state index contributed by atoms with van der Waals surface area (Å²) in [4.78, 5) is 0. The molecule has 2 rings (SSSR count). The van der Waals surface area contributed by atoms with Gasteiger partial charge in [-0.05, 0) is 36.6 Å². The molecule has 0 saturated heterocycles. The van der Waals surface area contributed by atoms with Gasteiger partial charge in [-0.1, -0.05) is 13.0 Å². The van der Waals surface area contributed by atoms with Crippen LogP contribution < -0.4 is 10.5 Å². The highest BCUT2D eigenvalue weighted by Crippen LogP contribution is 2.27. The molecule has 0 aliphatic carbocycles. The number of ether oxygens (including phenoxy) is 1. The van der Waals surface area contributed by atoms with Crippen LogP contribution in [0, 0.1) is 6.92 Å². The second-order valence-corrected chi connectivity index (χ2v) is 4.61. The van der Waals surface area contributed by atoms with Gasteiger partial charge in [-0.25, -0.2) is 0 Å². The number of nitrogens with two attached hydrogens (primary N) is 1. The first-order valence-corrected chi connectivity index (χ1v) is 6.71. The molecule has 0 amide bonds. The number of aryl methyl sites for hydroxylation is 1. The minimum Gasteiger partial charge on any atom is -0.494 e. The SMILES string of the molecule is CCCOc1ccc(C)c(-c2cnn(CCN)c2)c1. The Hall–Kier alpha value is -1.81. The van der Waals surface area contributed by atoms with E-state index in [1.807, 2.05) is 23.1 Å². The fourth-order valence-electron chi connectivity index (χ4n) is 1.98. The summed E-state index contributed by atoms with van der Waals surface area (Å²) >= 11 is 0. The van der Waals surface area contributed by atoms with Crippen molar-refractivity contribution in [2.45, 2.75) is 26.8 Å². The van der Waals surface area contributed by atoms with Crippen LogP contribution in [-0.4, -0.2) is 22.9 Å². The van der Waals surface area contributed by atoms with Gasteiger partial charge in [0, 0.05) is 18.3 Å². The largest absolute Gasteiger partial charge is 0.494 e. The maximum absolute atomic E-state index is 5.68. The average Bonchev–Trinajstić information content (AvgIpc) is 2.87. The Labute approximate surface area is 114 Å². The van der Waals surface area contributed by atoms with E-state index in [0.29, 0.717) is 6.54 Å². The van der Waals surface area contributed by atoms with Crippen LogP contribution in [0.2, 0.25) is 0 Å². The lowest BCUT2D eigenvalue weighted by atomic mass is 10.0. The van der Waals surface area contributed by atoms with Crippen molar-refractivity contribution in [3.8, 4) is 16.9 Å². The van der Waals surface area contributed by atoms with Crippen LogP contribution in [0.25, 0.3) is 11.1 Å². The van der Waals surface area contributed by atoms with E-state index in [1.165, 1.54) is 5.56 Å². The summed E-state index contributed by atoms with van der Waals surface area (Å²) < 4.78 is 7.55. The third-order valence-electron chi connectivity index (χ3n) is 2.98. The molecule has 1 aromatic carbocycles. The molecule has 0 bridgehead atoms. The molecule has 0 unspecified atom stereocenters. The summed E-state index contributed by atoms with van der Waals surface area (Å²) in [5.74, 6) is 0.911. The molecule has 0 atom stereocenters. The van der Waals surface area contributed by atoms with Crippen molar-refractivity contribution >= 4 is 0 Å². The van der Waals surface area contributed by atoms with Gasteiger partial charge in [0.25, 0.3) is 0 Å². The molecule has 4 heteroatoms. The van der Waals surface area contributed by atoms with Crippen molar-refractivity contribution in [1.29, 1.82) is 0 Å². The third-order valence-corrected chi connectivity index (χ3v) is 2.98. The summed E-state index contributed by atoms with van der Waals surface area (Å²) in [6.07, 6.45) is 4.91. The van der Waals surface area contributed by atoms with Crippen molar-refractivity contribution in [1.82, 2.24) is 9.78 Å². The summed E-state index contributed by atoms with van der Waals surface area (Å²) in [7, 11) is 0. The molecule has 0 aliphatic heterocycles. The van der Waals surface area contributed by atoms with Gasteiger partial charge in [-0.3, -0.25) is 4.68 Å². The molecule has 4 nitrogen and oxygen atoms in total. The van der Waals surface area contributed by atoms with Crippen LogP contribution in [0.1, 0.15) is 18.9 Å². The van der Waals surface area contributed by atoms with Gasteiger partial charge in [0.2, 0.25) is 0 Å². The van der Waals surface area contributed by atoms with E-state index >= 15 is 0 Å². The molecule has 0 fully saturated rings. The maximum Gasteiger partial charge on any atom is 0.119 e. The monoisotopic (exact) mass is 259 g/mol. The minimum absolute atomic E-state index is 0.597. The number of nitrogens with zero attached hydrogens (tertiary/aromatic N) is 2. The number of hydrogen-bond donors (Lipinski definition) is 1. The zero-order valence-electron chi connectivity index (χ0n) is 11.6. The Morgan fingerprint density at radius 2 is 2.21 bits per heavy atom. The van der Waals surface area contributed by atoms with Crippen molar-refractivity contribution in [3.05, 3.63) is 36.2 Å². The zero-order valence-corrected chi connectivity index (χ0v) is 11.6. The van der Waals surface area contributed by atoms with E-state index in [4.69, 9.17) is 10.5 Å². The van der Waals surface area contributed by atoms with Crippen molar-refractivity contribution in [3.63, 3.8) is 0 Å². The Kier molecular flexibility index (Phi) is 4.58. The van der Waals surface area contributed by atoms with E-state index in [1.54, 1.807) is 0 Å². The molecule has 2 aromatic rings. The Morgan fingerprint density at radius 3 is 2.95 bits per heavy atom. The Bertz CT molecular complexity index is 534. The fraction of sp³-hybridized carbons (Fsp3) is 0.400. The van der Waals surface area contributed by atoms with Gasteiger partial charge in [0.15, 0.2) is 0 Å². The summed E-state index contributed by atoms with van der Waals surface area (Å²) in [6.45, 7) is 6.28. The van der Waals surface area contributed by atoms with E-state index in [-0.39, 0.29) is 0 Å². The van der Waals surface area contributed by atoms with Crippen LogP contribution in [-0.2, 0) is 6.54 Å². The van der Waals surface area contributed by atoms with Gasteiger partial charge in [-0.2, -0.15) is 5.10 Å². The predicted molar refractivity (Wildman–Crippen MR) is 77.2 cm³/mol. The van der Waals surface area contributed by atoms with Crippen molar-refractivity contribution in [2.24, 2.45) is 5.73 Å². The van der Waals surface area contributed by atoms with Crippen LogP contribution >= 0.6 is 0 Å². The van der Waals surface area contributed by atoms with Gasteiger partial charge < -0.3 is 10.5 Å². The predicted octanol–water partition coefficient (Wildman–Crippen LogP) is 2.61. The molecule has 2 N–H and O–H groups in total. The molecular weight excluding hydrogens is 238 g/mol. The summed E-state index contributed by atoms with van der Waals surface area (Å²) in [5.41, 5.74) is 9.02. The molecule has 0 aliphatic rings. The van der Waals surface area contributed by atoms with E-state index in [9.17, 15) is 0 Å². The Balaban J connectivity index is 2.26. The number of rotatable bonds is 6. The molecular formula is C15H21N3O. The highest BCUT2D eigenvalue weighted by atomic mass is 16.5. The van der Waals surface area contributed by atoms with E-state index < -0.39 is 0 Å². The van der Waals surface area contributed by atoms with Gasteiger partial charge >= 0.3 is 0 Å². The second-order valence-electron chi connectivity index (χ2n) is 4.61. The molecule has 1 aromatic heterocycles. The lowest BCUT2D eigenvalue weighted by Crippen LogP contribution is -2.09. The fourth-order valence-corrected chi connectivity index (χ4v) is 1.98. The number of hydrogen-bond acceptors (Lipinski definition) is 3. The Morgan fingerprint density at radius 1 is 1.37 bits per heavy atom. The zero-order chi connectivity index (χ0) is 13.7. The molecule has 0 saturated carbocycles. The van der Waals surface area contributed by atoms with E-state index in [2.05, 4.69) is 31.1 Å². The van der Waals surface area contributed by atoms with Crippen LogP contribution in [0.15, 0.2) is 30.6 Å². The third kappa shape index (κ3) is 3.35. The highest BCUT2D eigenvalue weighted by Gasteiger charge is 2.06. The highest BCUT2D eigenvalue weighted by molar-refractivity contribution is 5.67. The summed E-state index contributed by atoms with van der Waals surface area (Å²) in [6, 6.07) is 6.17. The first kappa shape index (κ1) is 13.6. The van der Waals surface area contributed by atoms with Crippen molar-refractivity contribution < 1.29 is 4.74 Å². The standard InChI is InChI=1S/C15H21N3O/c1-3-8-19-14-5-4-12(2)15(9-14)13-10-17-18(11-13)7-6-16/h4-5,9-11H,3,6-8,16H2,1-2H3. The van der Waals surface area contributed by atoms with E-state index in [0.717, 1.165) is 36.4 Å². The van der Waals surface area contributed by atoms with Crippen LogP contribution in [0.4, 0.5) is 0 Å². The summed E-state index contributed by atoms with van der Waals surface area (Å²) in [5, 5.41) is 4.31. The molecule has 1 heterocycles. The normalized spacial score (nSPS) is 10.7. The van der Waals surface area contributed by atoms with Crippen LogP contribution in [0.3, 0.4) is 0 Å². The van der Waals surface area contributed by atoms with Crippen LogP contribution in [0.5, 0.6) is 5.75 Å². The lowest BCUT2D eigenvalue weighted by molar-refractivity contribution is 0.317. The molecule has 0 radical (unpaired) electrons. The average molecular weight is 259 g/mol. The first-order valence-electron chi connectivity index (χ1n) is 6.71. The quantitative estimate of drug-likeness (QED) is 0.867. The first-order chi connectivity index (χ1) is 9.24. The van der Waals surface area contributed by atoms with Crippen molar-refractivity contribution in [2.75, 3.05) is 13.2 Å². The molecule has 102 valence electrons.